The Labute approximate surface area is 170 Å². The molecule has 0 fully saturated rings. The smallest absolute Gasteiger partial charge is 0.236 e. The molecule has 26 heavy (non-hydrogen) atoms. The average molecular weight is 447 g/mol. The maximum atomic E-state index is 12.3. The van der Waals surface area contributed by atoms with Crippen LogP contribution in [0.5, 0.6) is 0 Å². The lowest BCUT2D eigenvalue weighted by Gasteiger charge is -2.02. The summed E-state index contributed by atoms with van der Waals surface area (Å²) in [5, 5.41) is 3.60. The molecule has 2 aromatic carbocycles. The topological polar surface area (TPSA) is 42.0 Å². The molecule has 1 heterocycles. The molecule has 1 amide bonds. The first-order valence-corrected chi connectivity index (χ1v) is 10.9. The Morgan fingerprint density at radius 3 is 2.50 bits per heavy atom. The average Bonchev–Trinajstić information content (AvgIpc) is 3.04. The van der Waals surface area contributed by atoms with Crippen molar-refractivity contribution < 1.29 is 4.79 Å². The summed E-state index contributed by atoms with van der Waals surface area (Å²) in [6.07, 6.45) is 0.886. The normalized spacial score (nSPS) is 10.7. The van der Waals surface area contributed by atoms with Gasteiger partial charge in [0.05, 0.1) is 11.4 Å². The van der Waals surface area contributed by atoms with E-state index in [1.165, 1.54) is 22.2 Å². The van der Waals surface area contributed by atoms with Crippen LogP contribution in [0.25, 0.3) is 11.3 Å². The van der Waals surface area contributed by atoms with Crippen LogP contribution in [-0.4, -0.2) is 16.6 Å². The minimum absolute atomic E-state index is 0.0330. The Kier molecular flexibility index (Phi) is 6.51. The zero-order valence-electron chi connectivity index (χ0n) is 14.6. The summed E-state index contributed by atoms with van der Waals surface area (Å²) in [7, 11) is 0. The number of hydrogen-bond acceptors (Lipinski definition) is 4. The van der Waals surface area contributed by atoms with Crippen LogP contribution in [0.1, 0.15) is 17.4 Å². The van der Waals surface area contributed by atoms with Crippen molar-refractivity contribution in [2.45, 2.75) is 25.2 Å². The Morgan fingerprint density at radius 2 is 1.85 bits per heavy atom. The third kappa shape index (κ3) is 4.96. The number of aryl methyl sites for hydroxylation is 2. The summed E-state index contributed by atoms with van der Waals surface area (Å²) in [4.78, 5) is 19.2. The molecule has 3 aromatic rings. The van der Waals surface area contributed by atoms with Crippen LogP contribution in [0.15, 0.2) is 57.9 Å². The highest BCUT2D eigenvalue weighted by Gasteiger charge is 2.14. The van der Waals surface area contributed by atoms with E-state index in [-0.39, 0.29) is 5.91 Å². The molecule has 0 saturated carbocycles. The first-order chi connectivity index (χ1) is 12.5. The summed E-state index contributed by atoms with van der Waals surface area (Å²) in [6.45, 7) is 4.16. The number of nitrogens with zero attached hydrogens (tertiary/aromatic N) is 1. The molecule has 0 aliphatic heterocycles. The minimum Gasteiger partial charge on any atom is -0.301 e. The van der Waals surface area contributed by atoms with Crippen molar-refractivity contribution in [2.75, 3.05) is 11.1 Å². The van der Waals surface area contributed by atoms with Gasteiger partial charge >= 0.3 is 0 Å². The minimum atomic E-state index is -0.0330. The highest BCUT2D eigenvalue weighted by molar-refractivity contribution is 9.10. The number of nitrogens with one attached hydrogen (secondary N) is 1. The molecular formula is C20H19BrN2OS2. The molecule has 134 valence electrons. The van der Waals surface area contributed by atoms with Gasteiger partial charge in [0.25, 0.3) is 0 Å². The van der Waals surface area contributed by atoms with Crippen LogP contribution in [0.3, 0.4) is 0 Å². The molecule has 1 N–H and O–H groups in total. The van der Waals surface area contributed by atoms with Crippen LogP contribution < -0.4 is 5.32 Å². The maximum Gasteiger partial charge on any atom is 0.236 e. The van der Waals surface area contributed by atoms with E-state index in [4.69, 9.17) is 0 Å². The number of carbonyl (C=O) groups is 1. The lowest BCUT2D eigenvalue weighted by Crippen LogP contribution is -2.13. The maximum absolute atomic E-state index is 12.3. The molecule has 0 aliphatic rings. The first kappa shape index (κ1) is 19.1. The van der Waals surface area contributed by atoms with Crippen molar-refractivity contribution in [1.82, 2.24) is 4.98 Å². The molecule has 0 bridgehead atoms. The molecule has 0 radical (unpaired) electrons. The van der Waals surface area contributed by atoms with Gasteiger partial charge in [0, 0.05) is 19.8 Å². The molecule has 1 aromatic heterocycles. The summed E-state index contributed by atoms with van der Waals surface area (Å²) in [5.41, 5.74) is 3.23. The van der Waals surface area contributed by atoms with Gasteiger partial charge in [-0.15, -0.1) is 23.1 Å². The van der Waals surface area contributed by atoms with Crippen LogP contribution >= 0.6 is 39.0 Å². The monoisotopic (exact) mass is 446 g/mol. The molecule has 0 saturated heterocycles. The van der Waals surface area contributed by atoms with E-state index in [0.29, 0.717) is 10.9 Å². The standard InChI is InChI=1S/C20H19BrN2OS2/c1-3-17-19(14-6-8-15(21)9-7-14)23-20(26-17)22-18(24)12-25-16-10-4-13(2)5-11-16/h4-11H,3,12H2,1-2H3,(H,22,23,24). The molecule has 0 unspecified atom stereocenters. The SMILES string of the molecule is CCc1sc(NC(=O)CSc2ccc(C)cc2)nc1-c1ccc(Br)cc1. The van der Waals surface area contributed by atoms with Crippen LogP contribution in [0.4, 0.5) is 5.13 Å². The predicted octanol–water partition coefficient (Wildman–Crippen LogP) is 6.17. The summed E-state index contributed by atoms with van der Waals surface area (Å²) < 4.78 is 1.04. The third-order valence-electron chi connectivity index (χ3n) is 3.77. The molecule has 3 nitrogen and oxygen atoms in total. The van der Waals surface area contributed by atoms with Gasteiger partial charge in [-0.05, 0) is 37.6 Å². The van der Waals surface area contributed by atoms with Gasteiger partial charge < -0.3 is 5.32 Å². The second kappa shape index (κ2) is 8.84. The van der Waals surface area contributed by atoms with Gasteiger partial charge in [0.1, 0.15) is 0 Å². The van der Waals surface area contributed by atoms with Crippen molar-refractivity contribution in [3.05, 3.63) is 63.4 Å². The Morgan fingerprint density at radius 1 is 1.15 bits per heavy atom. The number of benzene rings is 2. The highest BCUT2D eigenvalue weighted by atomic mass is 79.9. The van der Waals surface area contributed by atoms with Crippen molar-refractivity contribution >= 4 is 50.1 Å². The van der Waals surface area contributed by atoms with Crippen LogP contribution in [0.2, 0.25) is 0 Å². The Balaban J connectivity index is 1.66. The van der Waals surface area contributed by atoms with Crippen molar-refractivity contribution in [1.29, 1.82) is 0 Å². The Hall–Kier alpha value is -1.63. The zero-order chi connectivity index (χ0) is 18.5. The number of thiazole rings is 1. The number of carbonyl (C=O) groups excluding carboxylic acids is 1. The van der Waals surface area contributed by atoms with E-state index >= 15 is 0 Å². The quantitative estimate of drug-likeness (QED) is 0.459. The van der Waals surface area contributed by atoms with E-state index < -0.39 is 0 Å². The van der Waals surface area contributed by atoms with Crippen LogP contribution in [-0.2, 0) is 11.2 Å². The largest absolute Gasteiger partial charge is 0.301 e. The van der Waals surface area contributed by atoms with Gasteiger partial charge in [-0.1, -0.05) is 52.7 Å². The second-order valence-corrected chi connectivity index (χ2v) is 8.85. The van der Waals surface area contributed by atoms with Gasteiger partial charge in [-0.2, -0.15) is 0 Å². The number of rotatable bonds is 6. The van der Waals surface area contributed by atoms with E-state index in [9.17, 15) is 4.79 Å². The second-order valence-electron chi connectivity index (χ2n) is 5.80. The fraction of sp³-hybridized carbons (Fsp3) is 0.200. The van der Waals surface area contributed by atoms with Gasteiger partial charge in [0.2, 0.25) is 5.91 Å². The zero-order valence-corrected chi connectivity index (χ0v) is 17.8. The molecule has 0 atom stereocenters. The highest BCUT2D eigenvalue weighted by Crippen LogP contribution is 2.32. The van der Waals surface area contributed by atoms with E-state index in [0.717, 1.165) is 27.0 Å². The van der Waals surface area contributed by atoms with Gasteiger partial charge in [-0.25, -0.2) is 4.98 Å². The van der Waals surface area contributed by atoms with E-state index in [1.54, 1.807) is 11.3 Å². The number of thioether (sulfide) groups is 1. The number of hydrogen-bond donors (Lipinski definition) is 1. The fourth-order valence-electron chi connectivity index (χ4n) is 2.42. The van der Waals surface area contributed by atoms with Crippen molar-refractivity contribution in [2.24, 2.45) is 0 Å². The van der Waals surface area contributed by atoms with Crippen molar-refractivity contribution in [3.8, 4) is 11.3 Å². The summed E-state index contributed by atoms with van der Waals surface area (Å²) >= 11 is 6.53. The predicted molar refractivity (Wildman–Crippen MR) is 115 cm³/mol. The number of anilines is 1. The fourth-order valence-corrected chi connectivity index (χ4v) is 4.32. The Bertz CT molecular complexity index is 889. The molecule has 0 spiro atoms. The summed E-state index contributed by atoms with van der Waals surface area (Å²) in [5.74, 6) is 0.340. The van der Waals surface area contributed by atoms with E-state index in [2.05, 4.69) is 52.2 Å². The molecule has 0 aliphatic carbocycles. The number of halogens is 1. The number of amides is 1. The first-order valence-electron chi connectivity index (χ1n) is 8.30. The van der Waals surface area contributed by atoms with E-state index in [1.807, 2.05) is 36.4 Å². The van der Waals surface area contributed by atoms with Gasteiger partial charge in [-0.3, -0.25) is 4.79 Å². The summed E-state index contributed by atoms with van der Waals surface area (Å²) in [6, 6.07) is 16.3. The lowest BCUT2D eigenvalue weighted by molar-refractivity contribution is -0.113. The number of aromatic nitrogens is 1. The van der Waals surface area contributed by atoms with Gasteiger partial charge in [0.15, 0.2) is 5.13 Å². The molecule has 3 rings (SSSR count). The molecule has 6 heteroatoms. The van der Waals surface area contributed by atoms with Crippen molar-refractivity contribution in [3.63, 3.8) is 0 Å². The molecular weight excluding hydrogens is 428 g/mol. The van der Waals surface area contributed by atoms with Crippen LogP contribution in [0, 0.1) is 6.92 Å². The lowest BCUT2D eigenvalue weighted by atomic mass is 10.1. The third-order valence-corrected chi connectivity index (χ3v) is 6.43.